The van der Waals surface area contributed by atoms with Gasteiger partial charge in [0.1, 0.15) is 6.04 Å². The molecule has 3 saturated heterocycles. The van der Waals surface area contributed by atoms with Crippen molar-refractivity contribution in [2.45, 2.75) is 68.5 Å². The molecule has 3 aliphatic heterocycles. The van der Waals surface area contributed by atoms with Crippen molar-refractivity contribution in [3.05, 3.63) is 25.3 Å². The van der Waals surface area contributed by atoms with E-state index >= 15 is 0 Å². The summed E-state index contributed by atoms with van der Waals surface area (Å²) in [5.41, 5.74) is 0. The predicted molar refractivity (Wildman–Crippen MR) is 136 cm³/mol. The van der Waals surface area contributed by atoms with Crippen molar-refractivity contribution in [3.63, 3.8) is 0 Å². The fourth-order valence-corrected chi connectivity index (χ4v) is 8.87. The lowest BCUT2D eigenvalue weighted by atomic mass is 9.65. The van der Waals surface area contributed by atoms with Crippen LogP contribution in [0.25, 0.3) is 0 Å². The van der Waals surface area contributed by atoms with Crippen LogP contribution in [0, 0.1) is 17.8 Å². The number of carbonyl (C=O) groups excluding carboxylic acids is 3. The molecular formula is C26H41N3O4S. The van der Waals surface area contributed by atoms with Crippen molar-refractivity contribution in [2.24, 2.45) is 17.8 Å². The molecule has 0 aromatic carbocycles. The van der Waals surface area contributed by atoms with Crippen molar-refractivity contribution in [3.8, 4) is 0 Å². The molecule has 1 N–H and O–H groups in total. The number of hydrogen-bond acceptors (Lipinski definition) is 5. The summed E-state index contributed by atoms with van der Waals surface area (Å²) in [5, 5.41) is 9.55. The summed E-state index contributed by atoms with van der Waals surface area (Å²) in [6.07, 6.45) is 6.47. The van der Waals surface area contributed by atoms with Gasteiger partial charge in [-0.05, 0) is 32.1 Å². The number of likely N-dealkylation sites (N-methyl/N-ethyl adjacent to an activating group) is 1. The first-order valence-corrected chi connectivity index (χ1v) is 13.4. The van der Waals surface area contributed by atoms with Gasteiger partial charge in [-0.3, -0.25) is 14.4 Å². The second-order valence-electron chi connectivity index (χ2n) is 10.1. The maximum Gasteiger partial charge on any atom is 0.247 e. The quantitative estimate of drug-likeness (QED) is 0.425. The van der Waals surface area contributed by atoms with Gasteiger partial charge in [0.05, 0.1) is 16.6 Å². The standard InChI is InChI=1S/C26H41N3O4S/c1-7-11-18(5)28(13-9-3)25(33)22-26-17(4)16-19(34-26)20(23(31)27(6)12-8-2)21(26)24(32)29(22)14-10-15-30/h8-9,17-22,30H,2-3,7,10-16H2,1,4-6H3/t17?,18?,19-,20+,21-,22?,26?/m0/s1. The van der Waals surface area contributed by atoms with E-state index in [9.17, 15) is 19.5 Å². The number of fused-ring (bicyclic) bond motifs is 1. The molecule has 4 unspecified atom stereocenters. The van der Waals surface area contributed by atoms with E-state index in [1.807, 2.05) is 11.8 Å². The fourth-order valence-electron chi connectivity index (χ4n) is 6.46. The maximum absolute atomic E-state index is 14.3. The number of likely N-dealkylation sites (tertiary alicyclic amines) is 1. The van der Waals surface area contributed by atoms with E-state index < -0.39 is 22.6 Å². The molecule has 0 radical (unpaired) electrons. The van der Waals surface area contributed by atoms with Crippen molar-refractivity contribution in [1.29, 1.82) is 0 Å². The average Bonchev–Trinajstić information content (AvgIpc) is 3.39. The van der Waals surface area contributed by atoms with Crippen LogP contribution in [0.1, 0.15) is 46.5 Å². The molecule has 0 aliphatic carbocycles. The normalized spacial score (nSPS) is 32.4. The number of amides is 3. The van der Waals surface area contributed by atoms with Gasteiger partial charge >= 0.3 is 0 Å². The molecular weight excluding hydrogens is 450 g/mol. The molecule has 7 nitrogen and oxygen atoms in total. The van der Waals surface area contributed by atoms with Crippen molar-refractivity contribution in [2.75, 3.05) is 33.3 Å². The molecule has 3 heterocycles. The molecule has 34 heavy (non-hydrogen) atoms. The number of thioether (sulfide) groups is 1. The number of hydrogen-bond donors (Lipinski definition) is 1. The van der Waals surface area contributed by atoms with Gasteiger partial charge in [0, 0.05) is 44.6 Å². The Bertz CT molecular complexity index is 820. The fraction of sp³-hybridized carbons (Fsp3) is 0.731. The van der Waals surface area contributed by atoms with Gasteiger partial charge in [0.15, 0.2) is 0 Å². The molecule has 3 rings (SSSR count). The molecule has 3 aliphatic rings. The molecule has 0 aromatic heterocycles. The molecule has 8 heteroatoms. The minimum atomic E-state index is -0.636. The second kappa shape index (κ2) is 10.9. The van der Waals surface area contributed by atoms with Crippen LogP contribution >= 0.6 is 11.8 Å². The SMILES string of the molecule is C=CCN(C)C(=O)[C@@H]1[C@@H]2CC(C)C3(S2)C(C(=O)N(CC=C)C(C)CCC)N(CCCO)C(=O)[C@H]13. The zero-order valence-electron chi connectivity index (χ0n) is 21.1. The Morgan fingerprint density at radius 1 is 1.29 bits per heavy atom. The molecule has 3 amide bonds. The lowest BCUT2D eigenvalue weighted by molar-refractivity contribution is -0.145. The summed E-state index contributed by atoms with van der Waals surface area (Å²) in [6.45, 7) is 15.0. The second-order valence-corrected chi connectivity index (χ2v) is 11.6. The summed E-state index contributed by atoms with van der Waals surface area (Å²) in [4.78, 5) is 46.9. The Kier molecular flexibility index (Phi) is 8.56. The highest BCUT2D eigenvalue weighted by atomic mass is 32.2. The Balaban J connectivity index is 2.07. The summed E-state index contributed by atoms with van der Waals surface area (Å²) in [7, 11) is 1.75. The molecule has 190 valence electrons. The summed E-state index contributed by atoms with van der Waals surface area (Å²) in [6, 6.07) is -0.612. The highest BCUT2D eigenvalue weighted by Gasteiger charge is 2.76. The Morgan fingerprint density at radius 2 is 1.97 bits per heavy atom. The van der Waals surface area contributed by atoms with Crippen LogP contribution in [0.15, 0.2) is 25.3 Å². The third kappa shape index (κ3) is 4.21. The summed E-state index contributed by atoms with van der Waals surface area (Å²) >= 11 is 1.70. The van der Waals surface area contributed by atoms with Crippen LogP contribution in [0.4, 0.5) is 0 Å². The van der Waals surface area contributed by atoms with Crippen molar-refractivity contribution in [1.82, 2.24) is 14.7 Å². The number of rotatable bonds is 12. The Hall–Kier alpha value is -1.80. The zero-order chi connectivity index (χ0) is 25.2. The first-order chi connectivity index (χ1) is 16.2. The van der Waals surface area contributed by atoms with E-state index in [0.29, 0.717) is 26.1 Å². The minimum absolute atomic E-state index is 0.0239. The average molecular weight is 492 g/mol. The van der Waals surface area contributed by atoms with E-state index in [1.165, 1.54) is 0 Å². The van der Waals surface area contributed by atoms with Gasteiger partial charge in [-0.25, -0.2) is 0 Å². The lowest BCUT2D eigenvalue weighted by Gasteiger charge is -2.42. The molecule has 1 spiro atoms. The predicted octanol–water partition coefficient (Wildman–Crippen LogP) is 2.55. The van der Waals surface area contributed by atoms with Gasteiger partial charge in [0.2, 0.25) is 17.7 Å². The first kappa shape index (κ1) is 26.8. The van der Waals surface area contributed by atoms with Crippen LogP contribution in [0.3, 0.4) is 0 Å². The molecule has 2 bridgehead atoms. The molecule has 7 atom stereocenters. The number of carbonyl (C=O) groups is 3. The van der Waals surface area contributed by atoms with Crippen LogP contribution in [0.2, 0.25) is 0 Å². The third-order valence-corrected chi connectivity index (χ3v) is 10.0. The molecule has 0 saturated carbocycles. The van der Waals surface area contributed by atoms with Gasteiger partial charge in [-0.1, -0.05) is 32.4 Å². The van der Waals surface area contributed by atoms with Crippen molar-refractivity contribution < 1.29 is 19.5 Å². The van der Waals surface area contributed by atoms with Crippen LogP contribution in [-0.4, -0.2) is 92.9 Å². The maximum atomic E-state index is 14.3. The summed E-state index contributed by atoms with van der Waals surface area (Å²) in [5.74, 6) is -1.03. The monoisotopic (exact) mass is 491 g/mol. The van der Waals surface area contributed by atoms with Gasteiger partial charge in [-0.15, -0.1) is 24.9 Å². The van der Waals surface area contributed by atoms with Gasteiger partial charge < -0.3 is 19.8 Å². The van der Waals surface area contributed by atoms with E-state index in [0.717, 1.165) is 19.3 Å². The van der Waals surface area contributed by atoms with Gasteiger partial charge in [-0.2, -0.15) is 0 Å². The van der Waals surface area contributed by atoms with Crippen LogP contribution in [0.5, 0.6) is 0 Å². The first-order valence-electron chi connectivity index (χ1n) is 12.6. The highest BCUT2D eigenvalue weighted by molar-refractivity contribution is 8.02. The lowest BCUT2D eigenvalue weighted by Crippen LogP contribution is -2.58. The Morgan fingerprint density at radius 3 is 2.56 bits per heavy atom. The number of aliphatic hydroxyl groups excluding tert-OH is 1. The van der Waals surface area contributed by atoms with E-state index in [1.54, 1.807) is 40.8 Å². The smallest absolute Gasteiger partial charge is 0.247 e. The topological polar surface area (TPSA) is 81.2 Å². The van der Waals surface area contributed by atoms with E-state index in [4.69, 9.17) is 0 Å². The third-order valence-electron chi connectivity index (χ3n) is 7.95. The number of aliphatic hydroxyl groups is 1. The highest BCUT2D eigenvalue weighted by Crippen LogP contribution is 2.68. The van der Waals surface area contributed by atoms with Crippen LogP contribution in [-0.2, 0) is 14.4 Å². The molecule has 0 aromatic rings. The van der Waals surface area contributed by atoms with Crippen LogP contribution < -0.4 is 0 Å². The zero-order valence-corrected chi connectivity index (χ0v) is 21.9. The Labute approximate surface area is 208 Å². The summed E-state index contributed by atoms with van der Waals surface area (Å²) < 4.78 is -0.630. The van der Waals surface area contributed by atoms with Crippen molar-refractivity contribution >= 4 is 29.5 Å². The van der Waals surface area contributed by atoms with E-state index in [2.05, 4.69) is 27.0 Å². The van der Waals surface area contributed by atoms with Gasteiger partial charge in [0.25, 0.3) is 0 Å². The minimum Gasteiger partial charge on any atom is -0.396 e. The largest absolute Gasteiger partial charge is 0.396 e. The number of nitrogens with zero attached hydrogens (tertiary/aromatic N) is 3. The molecule has 3 fully saturated rings. The van der Waals surface area contributed by atoms with E-state index in [-0.39, 0.29) is 41.5 Å².